The zero-order valence-electron chi connectivity index (χ0n) is 32.5. The summed E-state index contributed by atoms with van der Waals surface area (Å²) >= 11 is 0. The lowest BCUT2D eigenvalue weighted by Gasteiger charge is -2.11. The molecule has 0 amide bonds. The third-order valence-corrected chi connectivity index (χ3v) is 11.8. The van der Waals surface area contributed by atoms with Crippen molar-refractivity contribution in [2.24, 2.45) is 0 Å². The largest absolute Gasteiger partial charge is 0.456 e. The fourth-order valence-corrected chi connectivity index (χ4v) is 8.95. The molecule has 9 aromatic carbocycles. The first-order valence-corrected chi connectivity index (χ1v) is 20.3. The van der Waals surface area contributed by atoms with E-state index in [-0.39, 0.29) is 0 Å². The van der Waals surface area contributed by atoms with Gasteiger partial charge in [0.1, 0.15) is 16.7 Å². The molecule has 0 saturated heterocycles. The molecule has 0 bridgehead atoms. The minimum absolute atomic E-state index is 0.561. The van der Waals surface area contributed by atoms with Gasteiger partial charge in [0.15, 0.2) is 23.1 Å². The van der Waals surface area contributed by atoms with E-state index >= 15 is 0 Å². The number of benzene rings is 9. The minimum Gasteiger partial charge on any atom is -0.456 e. The molecule has 0 aliphatic heterocycles. The number of hydrogen-bond donors (Lipinski definition) is 0. The lowest BCUT2D eigenvalue weighted by molar-refractivity contribution is 0.623. The van der Waals surface area contributed by atoms with E-state index in [0.29, 0.717) is 23.4 Å². The van der Waals surface area contributed by atoms with Gasteiger partial charge in [0.05, 0.1) is 16.4 Å². The first-order chi connectivity index (χ1) is 30.2. The van der Waals surface area contributed by atoms with Crippen molar-refractivity contribution in [2.75, 3.05) is 0 Å². The van der Waals surface area contributed by atoms with Gasteiger partial charge in [0, 0.05) is 44.1 Å². The summed E-state index contributed by atoms with van der Waals surface area (Å²) in [6.07, 6.45) is 0. The van der Waals surface area contributed by atoms with Crippen molar-refractivity contribution in [2.45, 2.75) is 0 Å². The van der Waals surface area contributed by atoms with Crippen LogP contribution in [0, 0.1) is 0 Å². The molecule has 7 heteroatoms. The van der Waals surface area contributed by atoms with Gasteiger partial charge in [-0.25, -0.2) is 19.9 Å². The molecule has 0 radical (unpaired) electrons. The highest BCUT2D eigenvalue weighted by atomic mass is 16.3. The van der Waals surface area contributed by atoms with E-state index in [0.717, 1.165) is 104 Å². The molecule has 0 atom stereocenters. The molecular weight excluding hydrogens is 751 g/mol. The second kappa shape index (κ2) is 13.0. The molecule has 0 aliphatic carbocycles. The predicted molar refractivity (Wildman–Crippen MR) is 246 cm³/mol. The van der Waals surface area contributed by atoms with Crippen LogP contribution in [0.4, 0.5) is 0 Å². The Balaban J connectivity index is 1.07. The van der Waals surface area contributed by atoms with Crippen molar-refractivity contribution < 1.29 is 8.83 Å². The van der Waals surface area contributed by atoms with Gasteiger partial charge >= 0.3 is 0 Å². The summed E-state index contributed by atoms with van der Waals surface area (Å²) in [6, 6.07) is 64.6. The van der Waals surface area contributed by atoms with Crippen LogP contribution in [0.3, 0.4) is 0 Å². The van der Waals surface area contributed by atoms with Crippen LogP contribution in [0.5, 0.6) is 0 Å². The topological polar surface area (TPSA) is 82.8 Å². The maximum absolute atomic E-state index is 6.73. The Labute approximate surface area is 347 Å². The van der Waals surface area contributed by atoms with E-state index < -0.39 is 0 Å². The van der Waals surface area contributed by atoms with Crippen LogP contribution in [0.1, 0.15) is 0 Å². The summed E-state index contributed by atoms with van der Waals surface area (Å²) in [6.45, 7) is 0. The summed E-state index contributed by atoms with van der Waals surface area (Å²) < 4.78 is 15.4. The Morgan fingerprint density at radius 1 is 0.361 bits per heavy atom. The van der Waals surface area contributed by atoms with Crippen LogP contribution in [0.15, 0.2) is 197 Å². The quantitative estimate of drug-likeness (QED) is 0.173. The first kappa shape index (κ1) is 33.5. The summed E-state index contributed by atoms with van der Waals surface area (Å²) in [4.78, 5) is 20.5. The Hall–Kier alpha value is -8.42. The second-order valence-corrected chi connectivity index (χ2v) is 15.4. The summed E-state index contributed by atoms with van der Waals surface area (Å²) in [5, 5.41) is 8.60. The fourth-order valence-electron chi connectivity index (χ4n) is 8.95. The monoisotopic (exact) mass is 781 g/mol. The van der Waals surface area contributed by atoms with Crippen molar-refractivity contribution in [3.63, 3.8) is 0 Å². The van der Waals surface area contributed by atoms with Gasteiger partial charge in [-0.3, -0.25) is 0 Å². The standard InChI is InChI=1S/C54H31N5O2/c1-3-12-34(13-4-1)54-55-43-26-28-45-49(50(43)61-54)48-42-30-37(22-20-33(42)24-27-44(48)59(45)39-15-5-2-6-16-39)52-56-51(36-21-19-32-11-7-8-14-35(32)29-36)57-53(58-52)38-23-25-41-40-17-9-10-18-46(40)60-47(41)31-38/h1-31H. The number of hydrogen-bond acceptors (Lipinski definition) is 6. The average Bonchev–Trinajstić information content (AvgIpc) is 4.03. The number of rotatable bonds is 5. The normalized spacial score (nSPS) is 11.9. The van der Waals surface area contributed by atoms with Gasteiger partial charge in [-0.05, 0) is 94.3 Å². The molecule has 0 spiro atoms. The van der Waals surface area contributed by atoms with Gasteiger partial charge in [-0.2, -0.15) is 0 Å². The van der Waals surface area contributed by atoms with E-state index in [9.17, 15) is 0 Å². The highest BCUT2D eigenvalue weighted by molar-refractivity contribution is 6.27. The van der Waals surface area contributed by atoms with Gasteiger partial charge in [-0.15, -0.1) is 0 Å². The number of oxazole rings is 1. The molecule has 7 nitrogen and oxygen atoms in total. The minimum atomic E-state index is 0.561. The molecule has 0 saturated carbocycles. The van der Waals surface area contributed by atoms with Gasteiger partial charge in [0.2, 0.25) is 5.89 Å². The molecular formula is C54H31N5O2. The summed E-state index contributed by atoms with van der Waals surface area (Å²) in [5.74, 6) is 2.31. The smallest absolute Gasteiger partial charge is 0.227 e. The SMILES string of the molecule is c1ccc(-c2nc3ccc4c(c3o2)c2c3cc(-c5nc(-c6ccc7ccccc7c6)nc(-c6ccc7c(c6)oc6ccccc67)n5)ccc3ccc2n4-c2ccccc2)cc1. The van der Waals surface area contributed by atoms with Gasteiger partial charge in [0.25, 0.3) is 0 Å². The maximum atomic E-state index is 6.73. The number of aromatic nitrogens is 5. The van der Waals surface area contributed by atoms with E-state index in [1.165, 1.54) is 0 Å². The third kappa shape index (κ3) is 5.31. The molecule has 4 aromatic heterocycles. The Kier molecular flexibility index (Phi) is 7.17. The van der Waals surface area contributed by atoms with E-state index in [4.69, 9.17) is 28.8 Å². The predicted octanol–water partition coefficient (Wildman–Crippen LogP) is 14.0. The van der Waals surface area contributed by atoms with Gasteiger partial charge in [-0.1, -0.05) is 115 Å². The summed E-state index contributed by atoms with van der Waals surface area (Å²) in [7, 11) is 0. The first-order valence-electron chi connectivity index (χ1n) is 20.3. The molecule has 0 N–H and O–H groups in total. The zero-order chi connectivity index (χ0) is 40.0. The number of para-hydroxylation sites is 2. The van der Waals surface area contributed by atoms with Gasteiger partial charge < -0.3 is 13.4 Å². The Bertz CT molecular complexity index is 3880. The molecule has 284 valence electrons. The molecule has 61 heavy (non-hydrogen) atoms. The lowest BCUT2D eigenvalue weighted by Crippen LogP contribution is -2.00. The van der Waals surface area contributed by atoms with Crippen LogP contribution < -0.4 is 0 Å². The van der Waals surface area contributed by atoms with E-state index in [1.807, 2.05) is 60.7 Å². The van der Waals surface area contributed by atoms with Crippen LogP contribution in [-0.4, -0.2) is 24.5 Å². The van der Waals surface area contributed by atoms with Crippen LogP contribution in [0.2, 0.25) is 0 Å². The van der Waals surface area contributed by atoms with E-state index in [1.54, 1.807) is 0 Å². The highest BCUT2D eigenvalue weighted by Gasteiger charge is 2.22. The van der Waals surface area contributed by atoms with Crippen molar-refractivity contribution in [3.8, 4) is 51.3 Å². The highest BCUT2D eigenvalue weighted by Crippen LogP contribution is 2.43. The average molecular weight is 782 g/mol. The zero-order valence-corrected chi connectivity index (χ0v) is 32.5. The Morgan fingerprint density at radius 3 is 1.79 bits per heavy atom. The fraction of sp³-hybridized carbons (Fsp3) is 0. The molecule has 4 heterocycles. The molecule has 13 aromatic rings. The van der Waals surface area contributed by atoms with Crippen molar-refractivity contribution in [1.82, 2.24) is 24.5 Å². The van der Waals surface area contributed by atoms with E-state index in [2.05, 4.69) is 132 Å². The van der Waals surface area contributed by atoms with Crippen molar-refractivity contribution >= 4 is 76.4 Å². The molecule has 0 unspecified atom stereocenters. The maximum Gasteiger partial charge on any atom is 0.227 e. The van der Waals surface area contributed by atoms with Crippen LogP contribution in [0.25, 0.3) is 128 Å². The van der Waals surface area contributed by atoms with Crippen LogP contribution in [-0.2, 0) is 0 Å². The second-order valence-electron chi connectivity index (χ2n) is 15.4. The third-order valence-electron chi connectivity index (χ3n) is 11.8. The summed E-state index contributed by atoms with van der Waals surface area (Å²) in [5.41, 5.74) is 9.87. The lowest BCUT2D eigenvalue weighted by atomic mass is 10.0. The molecule has 0 aliphatic rings. The number of fused-ring (bicyclic) bond motifs is 11. The van der Waals surface area contributed by atoms with Crippen molar-refractivity contribution in [1.29, 1.82) is 0 Å². The molecule has 0 fully saturated rings. The number of furan rings is 1. The van der Waals surface area contributed by atoms with Crippen molar-refractivity contribution in [3.05, 3.63) is 188 Å². The Morgan fingerprint density at radius 2 is 0.967 bits per heavy atom. The number of nitrogens with zero attached hydrogens (tertiary/aromatic N) is 5. The molecule has 13 rings (SSSR count). The van der Waals surface area contributed by atoms with Crippen LogP contribution >= 0.6 is 0 Å².